The van der Waals surface area contributed by atoms with Crippen LogP contribution >= 0.6 is 0 Å². The molecule has 0 aromatic carbocycles. The van der Waals surface area contributed by atoms with Gasteiger partial charge in [-0.25, -0.2) is 0 Å². The van der Waals surface area contributed by atoms with Crippen LogP contribution in [0.5, 0.6) is 0 Å². The maximum absolute atomic E-state index is 11.5. The van der Waals surface area contributed by atoms with Gasteiger partial charge in [-0.15, -0.1) is 0 Å². The van der Waals surface area contributed by atoms with E-state index in [1.807, 2.05) is 0 Å². The lowest BCUT2D eigenvalue weighted by Gasteiger charge is -2.12. The largest absolute Gasteiger partial charge is 0.396 e. The number of carbonyl (C=O) groups is 1. The van der Waals surface area contributed by atoms with Gasteiger partial charge in [-0.1, -0.05) is 25.7 Å². The second kappa shape index (κ2) is 10.5. The molecule has 0 saturated heterocycles. The van der Waals surface area contributed by atoms with Crippen LogP contribution in [0.25, 0.3) is 0 Å². The summed E-state index contributed by atoms with van der Waals surface area (Å²) in [6, 6.07) is 0. The number of rotatable bonds is 7. The highest BCUT2D eigenvalue weighted by Gasteiger charge is 2.02. The first-order valence-corrected chi connectivity index (χ1v) is 6.07. The summed E-state index contributed by atoms with van der Waals surface area (Å²) in [6.45, 7) is 3.13. The summed E-state index contributed by atoms with van der Waals surface area (Å²) < 4.78 is 0. The van der Waals surface area contributed by atoms with Crippen molar-refractivity contribution in [2.45, 2.75) is 45.4 Å². The molecule has 92 valence electrons. The minimum absolute atomic E-state index is 0.0874. The Hall–Kier alpha value is -1.01. The molecular weight excluding hydrogens is 202 g/mol. The fourth-order valence-electron chi connectivity index (χ4n) is 1.23. The molecular formula is C13H23NO2. The molecule has 0 radical (unpaired) electrons. The highest BCUT2D eigenvalue weighted by molar-refractivity contribution is 5.93. The first-order valence-electron chi connectivity index (χ1n) is 6.07. The number of hydrogen-bond donors (Lipinski definition) is 1. The summed E-state index contributed by atoms with van der Waals surface area (Å²) in [6.07, 6.45) is 5.62. The van der Waals surface area contributed by atoms with Gasteiger partial charge in [0.15, 0.2) is 0 Å². The standard InChI is InChI=1S/C13H23NO2/c1-3-4-11-14(2)13(16)10-8-6-5-7-9-12-15/h15H,3-7,9,11-12H2,1-2H3. The Balaban J connectivity index is 3.64. The molecule has 3 nitrogen and oxygen atoms in total. The summed E-state index contributed by atoms with van der Waals surface area (Å²) in [5.41, 5.74) is 0. The molecule has 0 atom stereocenters. The third kappa shape index (κ3) is 8.31. The Kier molecular flexibility index (Phi) is 9.84. The summed E-state index contributed by atoms with van der Waals surface area (Å²) in [5, 5.41) is 8.57. The quantitative estimate of drug-likeness (QED) is 0.530. The van der Waals surface area contributed by atoms with Crippen LogP contribution in [0.4, 0.5) is 0 Å². The predicted octanol–water partition coefficient (Wildman–Crippen LogP) is 1.80. The zero-order chi connectivity index (χ0) is 12.2. The fourth-order valence-corrected chi connectivity index (χ4v) is 1.23. The Labute approximate surface area is 98.8 Å². The molecule has 16 heavy (non-hydrogen) atoms. The first kappa shape index (κ1) is 15.0. The van der Waals surface area contributed by atoms with Gasteiger partial charge in [-0.3, -0.25) is 4.79 Å². The van der Waals surface area contributed by atoms with E-state index in [1.165, 1.54) is 0 Å². The van der Waals surface area contributed by atoms with Crippen LogP contribution in [0.3, 0.4) is 0 Å². The van der Waals surface area contributed by atoms with Gasteiger partial charge in [0.1, 0.15) is 0 Å². The highest BCUT2D eigenvalue weighted by atomic mass is 16.2. The predicted molar refractivity (Wildman–Crippen MR) is 65.9 cm³/mol. The van der Waals surface area contributed by atoms with Crippen LogP contribution in [0.15, 0.2) is 0 Å². The molecule has 0 aromatic rings. The van der Waals surface area contributed by atoms with E-state index in [1.54, 1.807) is 11.9 Å². The molecule has 1 N–H and O–H groups in total. The number of amides is 1. The minimum Gasteiger partial charge on any atom is -0.396 e. The van der Waals surface area contributed by atoms with E-state index in [9.17, 15) is 4.79 Å². The van der Waals surface area contributed by atoms with Crippen molar-refractivity contribution in [1.82, 2.24) is 4.90 Å². The third-order valence-electron chi connectivity index (χ3n) is 2.35. The molecule has 0 saturated carbocycles. The fraction of sp³-hybridized carbons (Fsp3) is 0.769. The minimum atomic E-state index is -0.0874. The molecule has 0 rings (SSSR count). The van der Waals surface area contributed by atoms with Gasteiger partial charge in [0.2, 0.25) is 0 Å². The average molecular weight is 225 g/mol. The first-order chi connectivity index (χ1) is 7.72. The van der Waals surface area contributed by atoms with Crippen LogP contribution in [-0.4, -0.2) is 36.1 Å². The van der Waals surface area contributed by atoms with Gasteiger partial charge < -0.3 is 10.0 Å². The number of unbranched alkanes of at least 4 members (excludes halogenated alkanes) is 4. The van der Waals surface area contributed by atoms with E-state index in [-0.39, 0.29) is 12.5 Å². The maximum Gasteiger partial charge on any atom is 0.298 e. The van der Waals surface area contributed by atoms with Crippen molar-refractivity contribution in [3.05, 3.63) is 0 Å². The van der Waals surface area contributed by atoms with Gasteiger partial charge >= 0.3 is 0 Å². The third-order valence-corrected chi connectivity index (χ3v) is 2.35. The molecule has 0 bridgehead atoms. The van der Waals surface area contributed by atoms with Crippen LogP contribution in [0.2, 0.25) is 0 Å². The number of aliphatic hydroxyl groups is 1. The molecule has 0 fully saturated rings. The normalized spacial score (nSPS) is 9.44. The summed E-state index contributed by atoms with van der Waals surface area (Å²) in [7, 11) is 1.79. The Bertz CT molecular complexity index is 240. The van der Waals surface area contributed by atoms with E-state index in [0.29, 0.717) is 0 Å². The molecule has 0 spiro atoms. The van der Waals surface area contributed by atoms with Gasteiger partial charge in [0.25, 0.3) is 5.91 Å². The molecule has 0 aliphatic heterocycles. The van der Waals surface area contributed by atoms with E-state index >= 15 is 0 Å². The van der Waals surface area contributed by atoms with Crippen molar-refractivity contribution in [3.8, 4) is 11.8 Å². The molecule has 0 heterocycles. The van der Waals surface area contributed by atoms with Crippen molar-refractivity contribution in [3.63, 3.8) is 0 Å². The molecule has 1 amide bonds. The van der Waals surface area contributed by atoms with Gasteiger partial charge in [-0.2, -0.15) is 0 Å². The van der Waals surface area contributed by atoms with Gasteiger partial charge in [0, 0.05) is 26.6 Å². The van der Waals surface area contributed by atoms with E-state index < -0.39 is 0 Å². The van der Waals surface area contributed by atoms with Crippen molar-refractivity contribution in [2.75, 3.05) is 20.2 Å². The molecule has 0 aromatic heterocycles. The second-order valence-corrected chi connectivity index (χ2v) is 3.92. The van der Waals surface area contributed by atoms with Gasteiger partial charge in [0.05, 0.1) is 0 Å². The van der Waals surface area contributed by atoms with Crippen LogP contribution in [0, 0.1) is 11.8 Å². The smallest absolute Gasteiger partial charge is 0.298 e. The maximum atomic E-state index is 11.5. The summed E-state index contributed by atoms with van der Waals surface area (Å²) in [4.78, 5) is 13.1. The van der Waals surface area contributed by atoms with Crippen molar-refractivity contribution in [2.24, 2.45) is 0 Å². The van der Waals surface area contributed by atoms with Gasteiger partial charge in [-0.05, 0) is 25.2 Å². The van der Waals surface area contributed by atoms with Crippen LogP contribution in [0.1, 0.15) is 45.4 Å². The van der Waals surface area contributed by atoms with E-state index in [4.69, 9.17) is 5.11 Å². The van der Waals surface area contributed by atoms with Crippen molar-refractivity contribution < 1.29 is 9.90 Å². The number of nitrogens with zero attached hydrogens (tertiary/aromatic N) is 1. The van der Waals surface area contributed by atoms with E-state index in [2.05, 4.69) is 18.8 Å². The molecule has 3 heteroatoms. The van der Waals surface area contributed by atoms with Crippen molar-refractivity contribution >= 4 is 5.91 Å². The Morgan fingerprint density at radius 2 is 2.00 bits per heavy atom. The second-order valence-electron chi connectivity index (χ2n) is 3.92. The van der Waals surface area contributed by atoms with Crippen LogP contribution < -0.4 is 0 Å². The lowest BCUT2D eigenvalue weighted by atomic mass is 10.2. The number of carbonyl (C=O) groups excluding carboxylic acids is 1. The Morgan fingerprint density at radius 3 is 2.62 bits per heavy atom. The zero-order valence-corrected chi connectivity index (χ0v) is 10.5. The highest BCUT2D eigenvalue weighted by Crippen LogP contribution is 1.97. The number of aliphatic hydroxyl groups excluding tert-OH is 1. The molecule has 0 unspecified atom stereocenters. The average Bonchev–Trinajstić information content (AvgIpc) is 2.30. The monoisotopic (exact) mass is 225 g/mol. The molecule has 0 aliphatic rings. The zero-order valence-electron chi connectivity index (χ0n) is 10.5. The Morgan fingerprint density at radius 1 is 1.25 bits per heavy atom. The van der Waals surface area contributed by atoms with Crippen LogP contribution in [-0.2, 0) is 4.79 Å². The lowest BCUT2D eigenvalue weighted by molar-refractivity contribution is -0.123. The number of hydrogen-bond acceptors (Lipinski definition) is 2. The van der Waals surface area contributed by atoms with Crippen molar-refractivity contribution in [1.29, 1.82) is 0 Å². The summed E-state index contributed by atoms with van der Waals surface area (Å²) >= 11 is 0. The lowest BCUT2D eigenvalue weighted by Crippen LogP contribution is -2.26. The SMILES string of the molecule is CCCCN(C)C(=O)C#CCCCCCO. The molecule has 0 aliphatic carbocycles. The van der Waals surface area contributed by atoms with E-state index in [0.717, 1.165) is 45.1 Å². The summed E-state index contributed by atoms with van der Waals surface area (Å²) in [5.74, 6) is 5.43. The topological polar surface area (TPSA) is 40.5 Å².